The Morgan fingerprint density at radius 1 is 0.879 bits per heavy atom. The average molecular weight is 466 g/mol. The van der Waals surface area contributed by atoms with E-state index in [2.05, 4.69) is 16.0 Å². The molecule has 0 aliphatic heterocycles. The summed E-state index contributed by atoms with van der Waals surface area (Å²) >= 11 is 0. The molecule has 0 bridgehead atoms. The molecule has 12 nitrogen and oxygen atoms in total. The highest BCUT2D eigenvalue weighted by molar-refractivity contribution is 5.96. The summed E-state index contributed by atoms with van der Waals surface area (Å²) in [4.78, 5) is 60.3. The molecule has 0 spiro atoms. The Morgan fingerprint density at radius 2 is 1.39 bits per heavy atom. The van der Waals surface area contributed by atoms with Crippen LogP contribution in [0.25, 0.3) is 0 Å². The van der Waals surface area contributed by atoms with Gasteiger partial charge >= 0.3 is 5.97 Å². The van der Waals surface area contributed by atoms with Gasteiger partial charge in [-0.2, -0.15) is 0 Å². The Labute approximate surface area is 191 Å². The number of hydrogen-bond acceptors (Lipinski definition) is 7. The predicted molar refractivity (Wildman–Crippen MR) is 118 cm³/mol. The van der Waals surface area contributed by atoms with Gasteiger partial charge in [-0.1, -0.05) is 26.0 Å². The Balaban J connectivity index is 3.10. The van der Waals surface area contributed by atoms with Crippen LogP contribution >= 0.6 is 0 Å². The summed E-state index contributed by atoms with van der Waals surface area (Å²) in [5, 5.41) is 25.5. The summed E-state index contributed by atoms with van der Waals surface area (Å²) < 4.78 is 0. The maximum atomic E-state index is 13.0. The van der Waals surface area contributed by atoms with Crippen LogP contribution in [-0.4, -0.2) is 64.0 Å². The van der Waals surface area contributed by atoms with Crippen LogP contribution in [0.5, 0.6) is 5.75 Å². The number of nitrogens with one attached hydrogen (secondary N) is 3. The number of benzene rings is 1. The highest BCUT2D eigenvalue weighted by Crippen LogP contribution is 2.12. The molecule has 4 unspecified atom stereocenters. The van der Waals surface area contributed by atoms with Gasteiger partial charge in [-0.05, 0) is 30.5 Å². The Bertz CT molecular complexity index is 872. The van der Waals surface area contributed by atoms with Gasteiger partial charge < -0.3 is 37.6 Å². The van der Waals surface area contributed by atoms with Gasteiger partial charge in [0.25, 0.3) is 0 Å². The van der Waals surface area contributed by atoms with Crippen molar-refractivity contribution in [3.63, 3.8) is 0 Å². The number of hydrogen-bond donors (Lipinski definition) is 7. The van der Waals surface area contributed by atoms with Gasteiger partial charge in [-0.3, -0.25) is 24.0 Å². The Morgan fingerprint density at radius 3 is 1.88 bits per heavy atom. The molecule has 1 aromatic rings. The lowest BCUT2D eigenvalue weighted by atomic mass is 10.0. The zero-order valence-corrected chi connectivity index (χ0v) is 18.7. The van der Waals surface area contributed by atoms with Crippen molar-refractivity contribution in [3.8, 4) is 5.75 Å². The second kappa shape index (κ2) is 12.4. The fraction of sp³-hybridized carbons (Fsp3) is 0.476. The first kappa shape index (κ1) is 27.4. The van der Waals surface area contributed by atoms with E-state index in [-0.39, 0.29) is 18.1 Å². The van der Waals surface area contributed by atoms with Crippen LogP contribution in [-0.2, 0) is 30.4 Å². The number of carboxylic acid groups (broad SMARTS) is 1. The summed E-state index contributed by atoms with van der Waals surface area (Å²) in [6, 6.07) is 1.08. The number of amides is 4. The van der Waals surface area contributed by atoms with Crippen molar-refractivity contribution in [2.75, 3.05) is 0 Å². The van der Waals surface area contributed by atoms with Crippen molar-refractivity contribution < 1.29 is 34.2 Å². The molecular formula is C21H31N5O7. The van der Waals surface area contributed by atoms with E-state index in [0.717, 1.165) is 0 Å². The molecule has 0 fully saturated rings. The van der Waals surface area contributed by atoms with Crippen molar-refractivity contribution in [3.05, 3.63) is 29.8 Å². The third-order valence-electron chi connectivity index (χ3n) is 4.80. The molecule has 4 amide bonds. The van der Waals surface area contributed by atoms with Crippen molar-refractivity contribution >= 4 is 29.6 Å². The highest BCUT2D eigenvalue weighted by atomic mass is 16.4. The number of carboxylic acids is 1. The van der Waals surface area contributed by atoms with E-state index in [0.29, 0.717) is 5.56 Å². The molecule has 33 heavy (non-hydrogen) atoms. The molecule has 1 aromatic carbocycles. The van der Waals surface area contributed by atoms with E-state index >= 15 is 0 Å². The standard InChI is InChI=1S/C21H31N5O7/c1-10(2)17(23)20(31)26-14(8-12-4-6-13(27)7-5-12)19(30)25-15(9-16(22)28)18(29)24-11(3)21(32)33/h4-7,10-11,14-15,17,27H,8-9,23H2,1-3H3,(H2,22,28)(H,24,29)(H,25,30)(H,26,31)(H,32,33). The Kier molecular flexibility index (Phi) is 10.3. The quantitative estimate of drug-likeness (QED) is 0.189. The third kappa shape index (κ3) is 9.15. The van der Waals surface area contributed by atoms with Crippen LogP contribution in [0, 0.1) is 5.92 Å². The fourth-order valence-corrected chi connectivity index (χ4v) is 2.71. The predicted octanol–water partition coefficient (Wildman–Crippen LogP) is -1.65. The number of aliphatic carboxylic acids is 1. The lowest BCUT2D eigenvalue weighted by Crippen LogP contribution is -2.58. The van der Waals surface area contributed by atoms with Gasteiger partial charge in [-0.15, -0.1) is 0 Å². The second-order valence-electron chi connectivity index (χ2n) is 8.00. The molecule has 4 atom stereocenters. The van der Waals surface area contributed by atoms with Gasteiger partial charge in [0.2, 0.25) is 23.6 Å². The molecule has 0 saturated heterocycles. The van der Waals surface area contributed by atoms with Gasteiger partial charge in [0.05, 0.1) is 12.5 Å². The van der Waals surface area contributed by atoms with Gasteiger partial charge in [0, 0.05) is 6.42 Å². The molecule has 0 aromatic heterocycles. The summed E-state index contributed by atoms with van der Waals surface area (Å²) in [5.41, 5.74) is 11.6. The number of phenolic OH excluding ortho intramolecular Hbond substituents is 1. The van der Waals surface area contributed by atoms with Crippen molar-refractivity contribution in [2.45, 2.75) is 57.8 Å². The molecule has 0 heterocycles. The van der Waals surface area contributed by atoms with Gasteiger partial charge in [0.1, 0.15) is 23.9 Å². The van der Waals surface area contributed by atoms with E-state index in [9.17, 15) is 29.1 Å². The lowest BCUT2D eigenvalue weighted by molar-refractivity contribution is -0.142. The first-order chi connectivity index (χ1) is 15.3. The highest BCUT2D eigenvalue weighted by Gasteiger charge is 2.31. The number of phenols is 1. The first-order valence-electron chi connectivity index (χ1n) is 10.3. The number of nitrogens with two attached hydrogens (primary N) is 2. The van der Waals surface area contributed by atoms with E-state index < -0.39 is 60.2 Å². The maximum Gasteiger partial charge on any atom is 0.325 e. The van der Waals surface area contributed by atoms with Gasteiger partial charge in [-0.25, -0.2) is 0 Å². The normalized spacial score (nSPS) is 14.5. The molecule has 0 saturated carbocycles. The molecule has 182 valence electrons. The summed E-state index contributed by atoms with van der Waals surface area (Å²) in [6.45, 7) is 4.68. The maximum absolute atomic E-state index is 13.0. The van der Waals surface area contributed by atoms with Crippen molar-refractivity contribution in [1.29, 1.82) is 0 Å². The van der Waals surface area contributed by atoms with Crippen molar-refractivity contribution in [2.24, 2.45) is 17.4 Å². The zero-order chi connectivity index (χ0) is 25.3. The summed E-state index contributed by atoms with van der Waals surface area (Å²) in [6.07, 6.45) is -0.603. The average Bonchev–Trinajstić information content (AvgIpc) is 2.72. The molecule has 9 N–H and O–H groups in total. The zero-order valence-electron chi connectivity index (χ0n) is 18.7. The lowest BCUT2D eigenvalue weighted by Gasteiger charge is -2.25. The number of primary amides is 1. The van der Waals surface area contributed by atoms with E-state index in [1.54, 1.807) is 26.0 Å². The van der Waals surface area contributed by atoms with Crippen LogP contribution in [0.4, 0.5) is 0 Å². The minimum absolute atomic E-state index is 0.0105. The molecule has 0 aliphatic carbocycles. The van der Waals surface area contributed by atoms with Crippen LogP contribution in [0.3, 0.4) is 0 Å². The molecular weight excluding hydrogens is 434 g/mol. The number of aromatic hydroxyl groups is 1. The van der Waals surface area contributed by atoms with Crippen LogP contribution in [0.2, 0.25) is 0 Å². The number of carbonyl (C=O) groups excluding carboxylic acids is 4. The third-order valence-corrected chi connectivity index (χ3v) is 4.80. The topological polar surface area (TPSA) is 214 Å². The summed E-state index contributed by atoms with van der Waals surface area (Å²) in [7, 11) is 0. The number of rotatable bonds is 12. The van der Waals surface area contributed by atoms with Crippen LogP contribution in [0.15, 0.2) is 24.3 Å². The SMILES string of the molecule is CC(NC(=O)C(CC(N)=O)NC(=O)C(Cc1ccc(O)cc1)NC(=O)C(N)C(C)C)C(=O)O. The monoisotopic (exact) mass is 465 g/mol. The second-order valence-corrected chi connectivity index (χ2v) is 8.00. The fourth-order valence-electron chi connectivity index (χ4n) is 2.71. The largest absolute Gasteiger partial charge is 0.508 e. The van der Waals surface area contributed by atoms with E-state index in [4.69, 9.17) is 16.6 Å². The van der Waals surface area contributed by atoms with Gasteiger partial charge in [0.15, 0.2) is 0 Å². The van der Waals surface area contributed by atoms with Crippen LogP contribution in [0.1, 0.15) is 32.8 Å². The minimum atomic E-state index is -1.46. The first-order valence-corrected chi connectivity index (χ1v) is 10.3. The Hall–Kier alpha value is -3.67. The molecule has 1 rings (SSSR count). The molecule has 0 aliphatic rings. The van der Waals surface area contributed by atoms with Crippen LogP contribution < -0.4 is 27.4 Å². The molecule has 12 heteroatoms. The molecule has 0 radical (unpaired) electrons. The van der Waals surface area contributed by atoms with E-state index in [1.165, 1.54) is 19.1 Å². The smallest absolute Gasteiger partial charge is 0.325 e. The van der Waals surface area contributed by atoms with Crippen molar-refractivity contribution in [1.82, 2.24) is 16.0 Å². The number of carbonyl (C=O) groups is 5. The minimum Gasteiger partial charge on any atom is -0.508 e. The van der Waals surface area contributed by atoms with E-state index in [1.807, 2.05) is 0 Å². The summed E-state index contributed by atoms with van der Waals surface area (Å²) in [5.74, 6) is -4.75.